The number of aromatic nitrogens is 1. The van der Waals surface area contributed by atoms with E-state index in [9.17, 15) is 4.39 Å². The summed E-state index contributed by atoms with van der Waals surface area (Å²) in [6.07, 6.45) is 0. The second-order valence-corrected chi connectivity index (χ2v) is 3.64. The van der Waals surface area contributed by atoms with Gasteiger partial charge >= 0.3 is 0 Å². The third kappa shape index (κ3) is 1.30. The van der Waals surface area contributed by atoms with E-state index in [2.05, 4.69) is 4.98 Å². The predicted molar refractivity (Wildman–Crippen MR) is 55.6 cm³/mol. The molecule has 2 aromatic rings. The van der Waals surface area contributed by atoms with Crippen molar-refractivity contribution in [2.24, 2.45) is 5.73 Å². The number of nitrogens with one attached hydrogen (secondary N) is 1. The molecule has 0 bridgehead atoms. The lowest BCUT2D eigenvalue weighted by molar-refractivity contribution is 0.629. The Labute approximate surface area is 81.9 Å². The standard InChI is InChI=1S/C11H13FN2/c1-6-9-5-8(12)3-4-10(9)14-11(6)7(2)13/h3-5,7,14H,13H2,1-2H3/t7-/m0/s1. The Balaban J connectivity index is 2.74. The van der Waals surface area contributed by atoms with E-state index in [0.717, 1.165) is 22.2 Å². The van der Waals surface area contributed by atoms with E-state index in [-0.39, 0.29) is 11.9 Å². The van der Waals surface area contributed by atoms with Gasteiger partial charge in [0.05, 0.1) is 0 Å². The van der Waals surface area contributed by atoms with E-state index in [1.54, 1.807) is 6.07 Å². The van der Waals surface area contributed by atoms with Gasteiger partial charge in [-0.1, -0.05) is 0 Å². The minimum Gasteiger partial charge on any atom is -0.357 e. The fourth-order valence-electron chi connectivity index (χ4n) is 1.77. The van der Waals surface area contributed by atoms with E-state index in [4.69, 9.17) is 5.73 Å². The average molecular weight is 192 g/mol. The zero-order valence-corrected chi connectivity index (χ0v) is 8.26. The molecule has 3 heteroatoms. The Kier molecular flexibility index (Phi) is 2.04. The SMILES string of the molecule is Cc1c([C@H](C)N)[nH]c2ccc(F)cc12. The number of aromatic amines is 1. The van der Waals surface area contributed by atoms with Gasteiger partial charge in [0.15, 0.2) is 0 Å². The lowest BCUT2D eigenvalue weighted by Gasteiger charge is -2.02. The topological polar surface area (TPSA) is 41.8 Å². The van der Waals surface area contributed by atoms with Crippen molar-refractivity contribution in [3.8, 4) is 0 Å². The first-order valence-corrected chi connectivity index (χ1v) is 4.63. The van der Waals surface area contributed by atoms with Crippen LogP contribution < -0.4 is 5.73 Å². The quantitative estimate of drug-likeness (QED) is 0.716. The Morgan fingerprint density at radius 1 is 1.43 bits per heavy atom. The van der Waals surface area contributed by atoms with E-state index in [1.165, 1.54) is 12.1 Å². The lowest BCUT2D eigenvalue weighted by Crippen LogP contribution is -2.06. The van der Waals surface area contributed by atoms with Crippen LogP contribution in [0, 0.1) is 12.7 Å². The zero-order chi connectivity index (χ0) is 10.3. The van der Waals surface area contributed by atoms with Gasteiger partial charge in [-0.05, 0) is 37.6 Å². The number of rotatable bonds is 1. The van der Waals surface area contributed by atoms with Crippen molar-refractivity contribution >= 4 is 10.9 Å². The summed E-state index contributed by atoms with van der Waals surface area (Å²) in [5.41, 5.74) is 8.75. The highest BCUT2D eigenvalue weighted by molar-refractivity contribution is 5.84. The second-order valence-electron chi connectivity index (χ2n) is 3.64. The van der Waals surface area contributed by atoms with Crippen molar-refractivity contribution in [2.45, 2.75) is 19.9 Å². The molecule has 74 valence electrons. The molecular weight excluding hydrogens is 179 g/mol. The van der Waals surface area contributed by atoms with Crippen LogP contribution in [0.15, 0.2) is 18.2 Å². The molecule has 2 nitrogen and oxygen atoms in total. The van der Waals surface area contributed by atoms with Crippen LogP contribution in [0.5, 0.6) is 0 Å². The molecule has 14 heavy (non-hydrogen) atoms. The lowest BCUT2D eigenvalue weighted by atomic mass is 10.1. The highest BCUT2D eigenvalue weighted by Crippen LogP contribution is 2.25. The molecule has 0 fully saturated rings. The number of hydrogen-bond donors (Lipinski definition) is 2. The molecule has 0 radical (unpaired) electrons. The molecule has 1 atom stereocenters. The van der Waals surface area contributed by atoms with Gasteiger partial charge in [0, 0.05) is 22.6 Å². The maximum atomic E-state index is 13.0. The van der Waals surface area contributed by atoms with Crippen LogP contribution in [-0.2, 0) is 0 Å². The molecule has 1 aromatic carbocycles. The number of H-pyrrole nitrogens is 1. The maximum absolute atomic E-state index is 13.0. The molecule has 3 N–H and O–H groups in total. The summed E-state index contributed by atoms with van der Waals surface area (Å²) in [7, 11) is 0. The largest absolute Gasteiger partial charge is 0.357 e. The highest BCUT2D eigenvalue weighted by atomic mass is 19.1. The van der Waals surface area contributed by atoms with E-state index in [0.29, 0.717) is 0 Å². The first-order valence-electron chi connectivity index (χ1n) is 4.63. The van der Waals surface area contributed by atoms with Gasteiger partial charge in [0.25, 0.3) is 0 Å². The number of fused-ring (bicyclic) bond motifs is 1. The third-order valence-corrected chi connectivity index (χ3v) is 2.51. The van der Waals surface area contributed by atoms with Gasteiger partial charge in [0.2, 0.25) is 0 Å². The molecule has 0 aliphatic rings. The number of aryl methyl sites for hydroxylation is 1. The molecule has 0 spiro atoms. The monoisotopic (exact) mass is 192 g/mol. The Morgan fingerprint density at radius 3 is 2.79 bits per heavy atom. The molecule has 0 saturated heterocycles. The molecule has 1 heterocycles. The van der Waals surface area contributed by atoms with Crippen molar-refractivity contribution < 1.29 is 4.39 Å². The number of halogens is 1. The highest BCUT2D eigenvalue weighted by Gasteiger charge is 2.10. The molecule has 0 amide bonds. The molecule has 1 aromatic heterocycles. The Bertz CT molecular complexity index is 471. The summed E-state index contributed by atoms with van der Waals surface area (Å²) < 4.78 is 13.0. The first kappa shape index (κ1) is 9.21. The summed E-state index contributed by atoms with van der Waals surface area (Å²) in [5, 5.41) is 0.914. The molecular formula is C11H13FN2. The van der Waals surface area contributed by atoms with Gasteiger partial charge < -0.3 is 10.7 Å². The summed E-state index contributed by atoms with van der Waals surface area (Å²) in [6.45, 7) is 3.87. The minimum atomic E-state index is -0.212. The number of nitrogens with two attached hydrogens (primary N) is 1. The maximum Gasteiger partial charge on any atom is 0.123 e. The van der Waals surface area contributed by atoms with Crippen molar-refractivity contribution in [3.63, 3.8) is 0 Å². The normalized spacial score (nSPS) is 13.4. The summed E-state index contributed by atoms with van der Waals surface area (Å²) >= 11 is 0. The van der Waals surface area contributed by atoms with Crippen LogP contribution in [-0.4, -0.2) is 4.98 Å². The van der Waals surface area contributed by atoms with Gasteiger partial charge in [-0.2, -0.15) is 0 Å². The summed E-state index contributed by atoms with van der Waals surface area (Å²) in [4.78, 5) is 3.20. The van der Waals surface area contributed by atoms with Crippen LogP contribution in [0.2, 0.25) is 0 Å². The van der Waals surface area contributed by atoms with Crippen LogP contribution in [0.3, 0.4) is 0 Å². The third-order valence-electron chi connectivity index (χ3n) is 2.51. The van der Waals surface area contributed by atoms with Gasteiger partial charge in [-0.3, -0.25) is 0 Å². The molecule has 0 saturated carbocycles. The predicted octanol–water partition coefficient (Wildman–Crippen LogP) is 2.64. The number of benzene rings is 1. The second kappa shape index (κ2) is 3.10. The summed E-state index contributed by atoms with van der Waals surface area (Å²) in [5.74, 6) is -0.212. The molecule has 0 aliphatic carbocycles. The van der Waals surface area contributed by atoms with Crippen LogP contribution in [0.4, 0.5) is 4.39 Å². The smallest absolute Gasteiger partial charge is 0.123 e. The van der Waals surface area contributed by atoms with E-state index < -0.39 is 0 Å². The van der Waals surface area contributed by atoms with Crippen molar-refractivity contribution in [3.05, 3.63) is 35.3 Å². The molecule has 0 unspecified atom stereocenters. The fraction of sp³-hybridized carbons (Fsp3) is 0.273. The fourth-order valence-corrected chi connectivity index (χ4v) is 1.77. The average Bonchev–Trinajstić information content (AvgIpc) is 2.44. The number of hydrogen-bond acceptors (Lipinski definition) is 1. The van der Waals surface area contributed by atoms with Crippen molar-refractivity contribution in [1.82, 2.24) is 4.98 Å². The van der Waals surface area contributed by atoms with Crippen LogP contribution in [0.1, 0.15) is 24.2 Å². The van der Waals surface area contributed by atoms with E-state index >= 15 is 0 Å². The van der Waals surface area contributed by atoms with Gasteiger partial charge in [-0.15, -0.1) is 0 Å². The first-order chi connectivity index (χ1) is 6.59. The molecule has 0 aliphatic heterocycles. The van der Waals surface area contributed by atoms with Crippen molar-refractivity contribution in [1.29, 1.82) is 0 Å². The van der Waals surface area contributed by atoms with Crippen molar-refractivity contribution in [2.75, 3.05) is 0 Å². The zero-order valence-electron chi connectivity index (χ0n) is 8.26. The minimum absolute atomic E-state index is 0.0505. The summed E-state index contributed by atoms with van der Waals surface area (Å²) in [6, 6.07) is 4.67. The van der Waals surface area contributed by atoms with Gasteiger partial charge in [-0.25, -0.2) is 4.39 Å². The van der Waals surface area contributed by atoms with Crippen LogP contribution in [0.25, 0.3) is 10.9 Å². The van der Waals surface area contributed by atoms with E-state index in [1.807, 2.05) is 13.8 Å². The Hall–Kier alpha value is -1.35. The Morgan fingerprint density at radius 2 is 2.14 bits per heavy atom. The van der Waals surface area contributed by atoms with Gasteiger partial charge in [0.1, 0.15) is 5.82 Å². The molecule has 2 rings (SSSR count). The van der Waals surface area contributed by atoms with Crippen LogP contribution >= 0.6 is 0 Å².